The zero-order valence-corrected chi connectivity index (χ0v) is 16.9. The number of aromatic nitrogens is 2. The summed E-state index contributed by atoms with van der Waals surface area (Å²) >= 11 is 1.70. The van der Waals surface area contributed by atoms with Gasteiger partial charge >= 0.3 is 0 Å². The van der Waals surface area contributed by atoms with Crippen LogP contribution in [0.2, 0.25) is 0 Å². The number of nitrogens with zero attached hydrogens (tertiary/aromatic N) is 3. The van der Waals surface area contributed by atoms with E-state index < -0.39 is 0 Å². The van der Waals surface area contributed by atoms with Gasteiger partial charge in [0.15, 0.2) is 0 Å². The molecule has 2 heterocycles. The number of hydrogen-bond acceptors (Lipinski definition) is 5. The quantitative estimate of drug-likeness (QED) is 0.584. The fraction of sp³-hybridized carbons (Fsp3) is 0.318. The number of rotatable bonds is 6. The van der Waals surface area contributed by atoms with E-state index in [-0.39, 0.29) is 11.8 Å². The van der Waals surface area contributed by atoms with Crippen LogP contribution in [0.25, 0.3) is 11.4 Å². The van der Waals surface area contributed by atoms with Crippen LogP contribution < -0.4 is 0 Å². The van der Waals surface area contributed by atoms with Gasteiger partial charge in [0, 0.05) is 30.0 Å². The second-order valence-electron chi connectivity index (χ2n) is 7.16. The number of carbonyl (C=O) groups excluding carboxylic acids is 1. The minimum atomic E-state index is -0.0308. The molecule has 6 heteroatoms. The van der Waals surface area contributed by atoms with E-state index in [1.165, 1.54) is 16.0 Å². The van der Waals surface area contributed by atoms with Crippen LogP contribution in [0.3, 0.4) is 0 Å². The summed E-state index contributed by atoms with van der Waals surface area (Å²) in [5.41, 5.74) is 3.42. The van der Waals surface area contributed by atoms with Gasteiger partial charge in [0.25, 0.3) is 0 Å². The van der Waals surface area contributed by atoms with E-state index in [0.29, 0.717) is 24.7 Å². The minimum absolute atomic E-state index is 0.0308. The summed E-state index contributed by atoms with van der Waals surface area (Å²) in [6, 6.07) is 16.5. The predicted molar refractivity (Wildman–Crippen MR) is 110 cm³/mol. The molecule has 1 aliphatic heterocycles. The third-order valence-corrected chi connectivity index (χ3v) is 5.85. The molecule has 0 radical (unpaired) electrons. The number of hydrogen-bond donors (Lipinski definition) is 0. The second-order valence-corrected chi connectivity index (χ2v) is 8.04. The molecule has 1 aliphatic rings. The van der Waals surface area contributed by atoms with Crippen molar-refractivity contribution in [2.75, 3.05) is 19.3 Å². The van der Waals surface area contributed by atoms with Crippen LogP contribution in [-0.2, 0) is 11.2 Å². The molecule has 0 bridgehead atoms. The third-order valence-electron chi connectivity index (χ3n) is 5.11. The Bertz CT molecular complexity index is 968. The highest BCUT2D eigenvalue weighted by molar-refractivity contribution is 7.98. The summed E-state index contributed by atoms with van der Waals surface area (Å²) in [4.78, 5) is 20.1. The minimum Gasteiger partial charge on any atom is -0.342 e. The van der Waals surface area contributed by atoms with Crippen molar-refractivity contribution in [3.8, 4) is 11.4 Å². The van der Waals surface area contributed by atoms with E-state index in [9.17, 15) is 4.79 Å². The van der Waals surface area contributed by atoms with Gasteiger partial charge in [0.1, 0.15) is 0 Å². The Morgan fingerprint density at radius 3 is 2.79 bits per heavy atom. The van der Waals surface area contributed by atoms with Crippen molar-refractivity contribution in [1.82, 2.24) is 15.0 Å². The van der Waals surface area contributed by atoms with Crippen molar-refractivity contribution in [2.45, 2.75) is 30.6 Å². The Labute approximate surface area is 169 Å². The van der Waals surface area contributed by atoms with Crippen LogP contribution >= 0.6 is 11.8 Å². The molecule has 1 aromatic heterocycles. The maximum atomic E-state index is 12.4. The molecular weight excluding hydrogens is 370 g/mol. The lowest BCUT2D eigenvalue weighted by atomic mass is 10.1. The molecule has 4 rings (SSSR count). The van der Waals surface area contributed by atoms with Crippen molar-refractivity contribution >= 4 is 17.7 Å². The number of benzene rings is 2. The van der Waals surface area contributed by atoms with Gasteiger partial charge in [-0.2, -0.15) is 4.98 Å². The largest absolute Gasteiger partial charge is 0.342 e. The molecule has 1 unspecified atom stereocenters. The van der Waals surface area contributed by atoms with Crippen molar-refractivity contribution < 1.29 is 9.32 Å². The van der Waals surface area contributed by atoms with Gasteiger partial charge in [0.2, 0.25) is 17.6 Å². The topological polar surface area (TPSA) is 59.2 Å². The molecule has 1 amide bonds. The van der Waals surface area contributed by atoms with Gasteiger partial charge in [-0.3, -0.25) is 4.79 Å². The molecule has 5 nitrogen and oxygen atoms in total. The standard InChI is InChI=1S/C22H23N3O2S/c1-15-4-3-5-16(12-15)10-11-25-14-18(13-20(25)26)22-23-21(24-27-22)17-6-8-19(28-2)9-7-17/h3-9,12,18H,10-11,13-14H2,1-2H3. The molecule has 2 aromatic carbocycles. The van der Waals surface area contributed by atoms with E-state index in [1.807, 2.05) is 35.4 Å². The van der Waals surface area contributed by atoms with E-state index in [1.54, 1.807) is 11.8 Å². The average molecular weight is 394 g/mol. The van der Waals surface area contributed by atoms with Gasteiger partial charge in [-0.25, -0.2) is 0 Å². The predicted octanol–water partition coefficient (Wildman–Crippen LogP) is 4.33. The maximum Gasteiger partial charge on any atom is 0.232 e. The fourth-order valence-corrected chi connectivity index (χ4v) is 3.95. The summed E-state index contributed by atoms with van der Waals surface area (Å²) in [5.74, 6) is 1.25. The van der Waals surface area contributed by atoms with Crippen molar-refractivity contribution in [1.29, 1.82) is 0 Å². The third kappa shape index (κ3) is 4.12. The van der Waals surface area contributed by atoms with E-state index in [0.717, 1.165) is 18.5 Å². The molecule has 3 aromatic rings. The van der Waals surface area contributed by atoms with E-state index in [4.69, 9.17) is 4.52 Å². The van der Waals surface area contributed by atoms with Crippen LogP contribution in [0.1, 0.15) is 29.4 Å². The molecule has 28 heavy (non-hydrogen) atoms. The highest BCUT2D eigenvalue weighted by Crippen LogP contribution is 2.29. The molecule has 1 atom stereocenters. The second kappa shape index (κ2) is 8.19. The van der Waals surface area contributed by atoms with E-state index >= 15 is 0 Å². The van der Waals surface area contributed by atoms with Crippen LogP contribution in [0, 0.1) is 6.92 Å². The first kappa shape index (κ1) is 18.7. The average Bonchev–Trinajstić information content (AvgIpc) is 3.33. The van der Waals surface area contributed by atoms with Gasteiger partial charge < -0.3 is 9.42 Å². The number of thioether (sulfide) groups is 1. The first-order valence-electron chi connectivity index (χ1n) is 9.44. The SMILES string of the molecule is CSc1ccc(-c2noc(C3CC(=O)N(CCc4cccc(C)c4)C3)n2)cc1. The Morgan fingerprint density at radius 1 is 1.21 bits per heavy atom. The lowest BCUT2D eigenvalue weighted by Gasteiger charge is -2.16. The van der Waals surface area contributed by atoms with Crippen LogP contribution in [-0.4, -0.2) is 40.3 Å². The number of amides is 1. The highest BCUT2D eigenvalue weighted by atomic mass is 32.2. The van der Waals surface area contributed by atoms with Gasteiger partial charge in [-0.05, 0) is 49.4 Å². The normalized spacial score (nSPS) is 16.7. The monoisotopic (exact) mass is 393 g/mol. The lowest BCUT2D eigenvalue weighted by Crippen LogP contribution is -2.27. The van der Waals surface area contributed by atoms with Crippen LogP contribution in [0.15, 0.2) is 57.9 Å². The molecule has 0 saturated carbocycles. The van der Waals surface area contributed by atoms with Gasteiger partial charge in [0.05, 0.1) is 5.92 Å². The maximum absolute atomic E-state index is 12.4. The molecular formula is C22H23N3O2S. The van der Waals surface area contributed by atoms with Gasteiger partial charge in [-0.1, -0.05) is 35.0 Å². The zero-order valence-electron chi connectivity index (χ0n) is 16.1. The van der Waals surface area contributed by atoms with Crippen molar-refractivity contribution in [2.24, 2.45) is 0 Å². The summed E-state index contributed by atoms with van der Waals surface area (Å²) in [6.07, 6.45) is 3.33. The highest BCUT2D eigenvalue weighted by Gasteiger charge is 2.34. The Hall–Kier alpha value is -2.60. The van der Waals surface area contributed by atoms with Gasteiger partial charge in [-0.15, -0.1) is 11.8 Å². The molecule has 144 valence electrons. The molecule has 1 fully saturated rings. The Kier molecular flexibility index (Phi) is 5.48. The summed E-state index contributed by atoms with van der Waals surface area (Å²) in [5, 5.41) is 4.12. The zero-order chi connectivity index (χ0) is 19.5. The molecule has 1 saturated heterocycles. The number of carbonyl (C=O) groups is 1. The summed E-state index contributed by atoms with van der Waals surface area (Å²) < 4.78 is 5.49. The summed E-state index contributed by atoms with van der Waals surface area (Å²) in [7, 11) is 0. The smallest absolute Gasteiger partial charge is 0.232 e. The Morgan fingerprint density at radius 2 is 2.04 bits per heavy atom. The Balaban J connectivity index is 1.40. The lowest BCUT2D eigenvalue weighted by molar-refractivity contribution is -0.127. The molecule has 0 N–H and O–H groups in total. The fourth-order valence-electron chi connectivity index (χ4n) is 3.54. The van der Waals surface area contributed by atoms with Crippen molar-refractivity contribution in [3.05, 3.63) is 65.5 Å². The van der Waals surface area contributed by atoms with E-state index in [2.05, 4.69) is 41.3 Å². The van der Waals surface area contributed by atoms with Crippen LogP contribution in [0.4, 0.5) is 0 Å². The number of aryl methyl sites for hydroxylation is 1. The molecule has 0 spiro atoms. The van der Waals surface area contributed by atoms with Crippen LogP contribution in [0.5, 0.6) is 0 Å². The first-order chi connectivity index (χ1) is 13.6. The molecule has 0 aliphatic carbocycles. The number of likely N-dealkylation sites (tertiary alicyclic amines) is 1. The van der Waals surface area contributed by atoms with Crippen molar-refractivity contribution in [3.63, 3.8) is 0 Å². The first-order valence-corrected chi connectivity index (χ1v) is 10.7. The summed E-state index contributed by atoms with van der Waals surface area (Å²) in [6.45, 7) is 3.44.